The number of nitrogens with zero attached hydrogens (tertiary/aromatic N) is 2. The Morgan fingerprint density at radius 3 is 2.66 bits per heavy atom. The lowest BCUT2D eigenvalue weighted by molar-refractivity contribution is 0.0711. The van der Waals surface area contributed by atoms with Crippen molar-refractivity contribution in [3.8, 4) is 5.75 Å². The van der Waals surface area contributed by atoms with Crippen LogP contribution in [-0.2, 0) is 0 Å². The maximum atomic E-state index is 13.5. The Morgan fingerprint density at radius 2 is 1.86 bits per heavy atom. The second-order valence-corrected chi connectivity index (χ2v) is 7.45. The molecule has 2 N–H and O–H groups in total. The summed E-state index contributed by atoms with van der Waals surface area (Å²) in [6, 6.07) is 15.6. The summed E-state index contributed by atoms with van der Waals surface area (Å²) in [5.41, 5.74) is 1.52. The minimum atomic E-state index is -0.102. The fourth-order valence-electron chi connectivity index (χ4n) is 4.69. The molecular weight excluding hydrogens is 409 g/mol. The van der Waals surface area contributed by atoms with E-state index in [1.807, 2.05) is 29.2 Å². The first-order chi connectivity index (χ1) is 13.2. The van der Waals surface area contributed by atoms with Crippen LogP contribution < -0.4 is 5.32 Å². The van der Waals surface area contributed by atoms with E-state index < -0.39 is 0 Å². The summed E-state index contributed by atoms with van der Waals surface area (Å²) in [6.45, 7) is 2.57. The number of fused-ring (bicyclic) bond motifs is 2. The topological polar surface area (TPSA) is 65.5 Å². The Labute approximate surface area is 182 Å². The molecule has 2 aliphatic heterocycles. The number of phenols is 1. The quantitative estimate of drug-likeness (QED) is 0.647. The molecule has 29 heavy (non-hydrogen) atoms. The zero-order valence-corrected chi connectivity index (χ0v) is 17.3. The molecule has 0 saturated carbocycles. The van der Waals surface area contributed by atoms with Gasteiger partial charge in [-0.05, 0) is 23.6 Å². The summed E-state index contributed by atoms with van der Waals surface area (Å²) in [4.78, 5) is 19.5. The summed E-state index contributed by atoms with van der Waals surface area (Å²) >= 11 is 0. The van der Waals surface area contributed by atoms with Crippen molar-refractivity contribution >= 4 is 41.5 Å². The van der Waals surface area contributed by atoms with Crippen LogP contribution in [0.2, 0.25) is 0 Å². The van der Waals surface area contributed by atoms with Crippen molar-refractivity contribution in [3.63, 3.8) is 0 Å². The number of carbonyl (C=O) groups is 1. The number of pyridine rings is 1. The Balaban J connectivity index is 0.00000120. The number of aromatic nitrogens is 1. The monoisotopic (exact) mass is 431 g/mol. The number of hydrogen-bond donors (Lipinski definition) is 2. The average molecular weight is 432 g/mol. The van der Waals surface area contributed by atoms with E-state index in [9.17, 15) is 9.90 Å². The Hall–Kier alpha value is -2.34. The van der Waals surface area contributed by atoms with E-state index in [0.717, 1.165) is 24.0 Å². The van der Waals surface area contributed by atoms with E-state index >= 15 is 0 Å². The number of carbonyl (C=O) groups excluding carboxylic acids is 1. The van der Waals surface area contributed by atoms with Crippen molar-refractivity contribution in [2.45, 2.75) is 6.04 Å². The van der Waals surface area contributed by atoms with Crippen molar-refractivity contribution in [3.05, 3.63) is 72.1 Å². The molecular formula is C22H23Cl2N3O2. The van der Waals surface area contributed by atoms with Gasteiger partial charge in [0.1, 0.15) is 5.75 Å². The Bertz CT molecular complexity index is 1020. The van der Waals surface area contributed by atoms with Gasteiger partial charge < -0.3 is 15.3 Å². The smallest absolute Gasteiger partial charge is 0.258 e. The van der Waals surface area contributed by atoms with E-state index in [0.29, 0.717) is 29.3 Å². The summed E-state index contributed by atoms with van der Waals surface area (Å²) in [5, 5.41) is 15.7. The van der Waals surface area contributed by atoms with Gasteiger partial charge in [0.2, 0.25) is 0 Å². The van der Waals surface area contributed by atoms with Gasteiger partial charge in [0.25, 0.3) is 5.91 Å². The van der Waals surface area contributed by atoms with E-state index in [-0.39, 0.29) is 42.5 Å². The van der Waals surface area contributed by atoms with Crippen LogP contribution in [0, 0.1) is 11.8 Å². The van der Waals surface area contributed by atoms with E-state index in [1.54, 1.807) is 24.5 Å². The minimum absolute atomic E-state index is 0. The first-order valence-electron chi connectivity index (χ1n) is 9.36. The molecule has 5 nitrogen and oxygen atoms in total. The number of aromatic hydroxyl groups is 1. The van der Waals surface area contributed by atoms with E-state index in [4.69, 9.17) is 0 Å². The molecule has 2 aromatic carbocycles. The number of hydrogen-bond acceptors (Lipinski definition) is 4. The molecule has 0 bridgehead atoms. The fraction of sp³-hybridized carbons (Fsp3) is 0.273. The summed E-state index contributed by atoms with van der Waals surface area (Å²) in [5.74, 6) is 0.797. The second-order valence-electron chi connectivity index (χ2n) is 7.45. The van der Waals surface area contributed by atoms with Crippen LogP contribution in [0.15, 0.2) is 60.9 Å². The molecule has 3 aromatic rings. The zero-order valence-electron chi connectivity index (χ0n) is 15.7. The highest BCUT2D eigenvalue weighted by molar-refractivity contribution is 6.03. The number of likely N-dealkylation sites (tertiary alicyclic amines) is 1. The van der Waals surface area contributed by atoms with Gasteiger partial charge in [-0.3, -0.25) is 9.78 Å². The predicted molar refractivity (Wildman–Crippen MR) is 118 cm³/mol. The first kappa shape index (κ1) is 21.4. The van der Waals surface area contributed by atoms with Crippen molar-refractivity contribution in [1.29, 1.82) is 0 Å². The SMILES string of the molecule is Cl.Cl.O=C(c1ccc2cnccc2c1O)N1C[C@@H]2CNC[C@@H]2[C@@H]1c1ccccc1. The van der Waals surface area contributed by atoms with Gasteiger partial charge in [-0.15, -0.1) is 24.8 Å². The van der Waals surface area contributed by atoms with Gasteiger partial charge >= 0.3 is 0 Å². The zero-order chi connectivity index (χ0) is 18.4. The van der Waals surface area contributed by atoms with Gasteiger partial charge in [-0.2, -0.15) is 0 Å². The van der Waals surface area contributed by atoms with Gasteiger partial charge in [0.05, 0.1) is 11.6 Å². The highest BCUT2D eigenvalue weighted by atomic mass is 35.5. The molecule has 2 aliphatic rings. The summed E-state index contributed by atoms with van der Waals surface area (Å²) in [7, 11) is 0. The van der Waals surface area contributed by atoms with Crippen LogP contribution in [-0.4, -0.2) is 40.5 Å². The number of halogens is 2. The lowest BCUT2D eigenvalue weighted by Crippen LogP contribution is -2.34. The van der Waals surface area contributed by atoms with Crippen molar-refractivity contribution < 1.29 is 9.90 Å². The largest absolute Gasteiger partial charge is 0.506 e. The molecule has 3 heterocycles. The number of benzene rings is 2. The lowest BCUT2D eigenvalue weighted by Gasteiger charge is -2.29. The van der Waals surface area contributed by atoms with Crippen molar-refractivity contribution in [1.82, 2.24) is 15.2 Å². The molecule has 5 rings (SSSR count). The number of phenolic OH excluding ortho intramolecular Hbond substituents is 1. The van der Waals surface area contributed by atoms with Gasteiger partial charge in [0.15, 0.2) is 0 Å². The summed E-state index contributed by atoms with van der Waals surface area (Å²) in [6.07, 6.45) is 3.33. The van der Waals surface area contributed by atoms with Crippen LogP contribution in [0.25, 0.3) is 10.8 Å². The molecule has 3 atom stereocenters. The van der Waals surface area contributed by atoms with Crippen LogP contribution in [0.1, 0.15) is 22.0 Å². The van der Waals surface area contributed by atoms with Crippen LogP contribution in [0.5, 0.6) is 5.75 Å². The van der Waals surface area contributed by atoms with Crippen molar-refractivity contribution in [2.75, 3.05) is 19.6 Å². The second kappa shape index (κ2) is 8.57. The summed E-state index contributed by atoms with van der Waals surface area (Å²) < 4.78 is 0. The minimum Gasteiger partial charge on any atom is -0.506 e. The maximum absolute atomic E-state index is 13.5. The third-order valence-corrected chi connectivity index (χ3v) is 5.99. The number of rotatable bonds is 2. The molecule has 2 saturated heterocycles. The van der Waals surface area contributed by atoms with Gasteiger partial charge in [-0.1, -0.05) is 36.4 Å². The Kier molecular flexibility index (Phi) is 6.32. The molecule has 0 radical (unpaired) electrons. The van der Waals surface area contributed by atoms with Crippen LogP contribution >= 0.6 is 24.8 Å². The van der Waals surface area contributed by atoms with E-state index in [2.05, 4.69) is 22.4 Å². The normalized spacial score (nSPS) is 22.6. The highest BCUT2D eigenvalue weighted by Crippen LogP contribution is 2.44. The molecule has 1 amide bonds. The molecule has 0 aliphatic carbocycles. The third-order valence-electron chi connectivity index (χ3n) is 5.99. The molecule has 1 aromatic heterocycles. The molecule has 7 heteroatoms. The third kappa shape index (κ3) is 3.54. The first-order valence-corrected chi connectivity index (χ1v) is 9.36. The molecule has 0 spiro atoms. The van der Waals surface area contributed by atoms with Crippen LogP contribution in [0.4, 0.5) is 0 Å². The number of amides is 1. The van der Waals surface area contributed by atoms with Gasteiger partial charge in [-0.25, -0.2) is 0 Å². The molecule has 0 unspecified atom stereocenters. The predicted octanol–water partition coefficient (Wildman–Crippen LogP) is 3.82. The lowest BCUT2D eigenvalue weighted by atomic mass is 9.89. The van der Waals surface area contributed by atoms with Crippen LogP contribution in [0.3, 0.4) is 0 Å². The molecule has 152 valence electrons. The average Bonchev–Trinajstić information content (AvgIpc) is 3.30. The van der Waals surface area contributed by atoms with Crippen molar-refractivity contribution in [2.24, 2.45) is 11.8 Å². The Morgan fingerprint density at radius 1 is 1.07 bits per heavy atom. The highest BCUT2D eigenvalue weighted by Gasteiger charge is 2.47. The van der Waals surface area contributed by atoms with Gasteiger partial charge in [0, 0.05) is 48.7 Å². The number of nitrogens with one attached hydrogen (secondary N) is 1. The van der Waals surface area contributed by atoms with E-state index in [1.165, 1.54) is 0 Å². The molecule has 2 fully saturated rings. The standard InChI is InChI=1S/C22H21N3O2.2ClH/c26-21-17-8-9-23-10-15(17)6-7-18(21)22(27)25-13-16-11-24-12-19(16)20(25)14-4-2-1-3-5-14;;/h1-10,16,19-20,24,26H,11-13H2;2*1H/t16-,19-,20-;;/m0../s1. The maximum Gasteiger partial charge on any atom is 0.258 e. The fourth-order valence-corrected chi connectivity index (χ4v) is 4.69.